The fourth-order valence-corrected chi connectivity index (χ4v) is 2.16. The molecule has 0 spiro atoms. The minimum atomic E-state index is -0.452. The van der Waals surface area contributed by atoms with Crippen molar-refractivity contribution in [3.63, 3.8) is 0 Å². The Kier molecular flexibility index (Phi) is 2.83. The van der Waals surface area contributed by atoms with Crippen LogP contribution in [0.3, 0.4) is 0 Å². The van der Waals surface area contributed by atoms with Gasteiger partial charge in [0.15, 0.2) is 0 Å². The number of anilines is 1. The van der Waals surface area contributed by atoms with Crippen LogP contribution in [-0.2, 0) is 0 Å². The summed E-state index contributed by atoms with van der Waals surface area (Å²) in [5.74, 6) is -0.164. The zero-order valence-corrected chi connectivity index (χ0v) is 10.4. The summed E-state index contributed by atoms with van der Waals surface area (Å²) < 4.78 is 0. The van der Waals surface area contributed by atoms with Crippen LogP contribution in [0.15, 0.2) is 48.5 Å². The standard InChI is InChI=1S/C14H11N3O3/c18-14-11-3-1-2-4-12(11)15-13(16-14)9-5-7-10(8-6-9)17(19)20/h1-8,13,15H,(H,16,18)/t13-/m1/s1. The maximum atomic E-state index is 12.0. The quantitative estimate of drug-likeness (QED) is 0.647. The highest BCUT2D eigenvalue weighted by molar-refractivity contribution is 6.01. The molecule has 0 fully saturated rings. The summed E-state index contributed by atoms with van der Waals surface area (Å²) in [4.78, 5) is 22.2. The van der Waals surface area contributed by atoms with Gasteiger partial charge in [-0.25, -0.2) is 0 Å². The highest BCUT2D eigenvalue weighted by Gasteiger charge is 2.24. The Labute approximate surface area is 114 Å². The smallest absolute Gasteiger partial charge is 0.269 e. The number of hydrogen-bond acceptors (Lipinski definition) is 4. The molecule has 100 valence electrons. The van der Waals surface area contributed by atoms with Crippen molar-refractivity contribution in [3.8, 4) is 0 Å². The lowest BCUT2D eigenvalue weighted by Gasteiger charge is -2.28. The highest BCUT2D eigenvalue weighted by atomic mass is 16.6. The average molecular weight is 269 g/mol. The maximum absolute atomic E-state index is 12.0. The van der Waals surface area contributed by atoms with E-state index in [9.17, 15) is 14.9 Å². The number of para-hydroxylation sites is 1. The van der Waals surface area contributed by atoms with Gasteiger partial charge >= 0.3 is 0 Å². The van der Waals surface area contributed by atoms with Crippen molar-refractivity contribution in [1.82, 2.24) is 5.32 Å². The van der Waals surface area contributed by atoms with E-state index in [1.54, 1.807) is 24.3 Å². The molecule has 0 saturated carbocycles. The third kappa shape index (κ3) is 2.07. The van der Waals surface area contributed by atoms with Crippen LogP contribution < -0.4 is 10.6 Å². The molecule has 6 heteroatoms. The van der Waals surface area contributed by atoms with E-state index in [4.69, 9.17) is 0 Å². The molecule has 0 radical (unpaired) electrons. The van der Waals surface area contributed by atoms with Crippen LogP contribution in [0.25, 0.3) is 0 Å². The first kappa shape index (κ1) is 12.2. The number of nitrogens with zero attached hydrogens (tertiary/aromatic N) is 1. The largest absolute Gasteiger partial charge is 0.361 e. The number of hydrogen-bond donors (Lipinski definition) is 2. The van der Waals surface area contributed by atoms with Gasteiger partial charge in [0.05, 0.1) is 10.5 Å². The summed E-state index contributed by atoms with van der Waals surface area (Å²) in [6, 6.07) is 13.3. The van der Waals surface area contributed by atoms with Gasteiger partial charge in [0.2, 0.25) is 0 Å². The van der Waals surface area contributed by atoms with Crippen LogP contribution in [0, 0.1) is 10.1 Å². The molecule has 3 rings (SSSR count). The zero-order chi connectivity index (χ0) is 14.1. The van der Waals surface area contributed by atoms with Gasteiger partial charge in [0, 0.05) is 17.8 Å². The summed E-state index contributed by atoms with van der Waals surface area (Å²) in [5, 5.41) is 16.6. The van der Waals surface area contributed by atoms with Crippen molar-refractivity contribution in [2.75, 3.05) is 5.32 Å². The number of nitro groups is 1. The van der Waals surface area contributed by atoms with E-state index in [0.29, 0.717) is 5.56 Å². The van der Waals surface area contributed by atoms with Gasteiger partial charge in [-0.3, -0.25) is 14.9 Å². The number of benzene rings is 2. The molecule has 1 amide bonds. The monoisotopic (exact) mass is 269 g/mol. The minimum Gasteiger partial charge on any atom is -0.361 e. The third-order valence-electron chi connectivity index (χ3n) is 3.18. The molecule has 0 unspecified atom stereocenters. The second kappa shape index (κ2) is 4.65. The molecule has 6 nitrogen and oxygen atoms in total. The van der Waals surface area contributed by atoms with Crippen LogP contribution >= 0.6 is 0 Å². The molecule has 1 aliphatic rings. The number of nitrogens with one attached hydrogen (secondary N) is 2. The number of amides is 1. The molecule has 2 aromatic carbocycles. The van der Waals surface area contributed by atoms with Crippen LogP contribution in [0.2, 0.25) is 0 Å². The van der Waals surface area contributed by atoms with Gasteiger partial charge in [-0.2, -0.15) is 0 Å². The Morgan fingerprint density at radius 2 is 1.70 bits per heavy atom. The summed E-state index contributed by atoms with van der Waals surface area (Å²) in [5.41, 5.74) is 2.13. The molecule has 0 aliphatic carbocycles. The van der Waals surface area contributed by atoms with E-state index in [0.717, 1.165) is 11.3 Å². The Balaban J connectivity index is 1.90. The van der Waals surface area contributed by atoms with Crippen molar-refractivity contribution in [2.24, 2.45) is 0 Å². The van der Waals surface area contributed by atoms with E-state index in [1.165, 1.54) is 12.1 Å². The molecule has 2 aromatic rings. The van der Waals surface area contributed by atoms with Crippen LogP contribution in [0.4, 0.5) is 11.4 Å². The van der Waals surface area contributed by atoms with E-state index in [1.807, 2.05) is 12.1 Å². The maximum Gasteiger partial charge on any atom is 0.269 e. The second-order valence-electron chi connectivity index (χ2n) is 4.45. The molecular formula is C14H11N3O3. The minimum absolute atomic E-state index is 0.0243. The second-order valence-corrected chi connectivity index (χ2v) is 4.45. The first-order chi connectivity index (χ1) is 9.65. The summed E-state index contributed by atoms with van der Waals surface area (Å²) in [7, 11) is 0. The van der Waals surface area contributed by atoms with Gasteiger partial charge in [-0.1, -0.05) is 12.1 Å². The van der Waals surface area contributed by atoms with Crippen LogP contribution in [0.1, 0.15) is 22.1 Å². The zero-order valence-electron chi connectivity index (χ0n) is 10.4. The lowest BCUT2D eigenvalue weighted by atomic mass is 10.1. The third-order valence-corrected chi connectivity index (χ3v) is 3.18. The first-order valence-electron chi connectivity index (χ1n) is 6.06. The molecular weight excluding hydrogens is 258 g/mol. The first-order valence-corrected chi connectivity index (χ1v) is 6.06. The van der Waals surface area contributed by atoms with Gasteiger partial charge in [-0.05, 0) is 29.8 Å². The number of carbonyl (C=O) groups excluding carboxylic acids is 1. The predicted octanol–water partition coefficient (Wildman–Crippen LogP) is 2.45. The Morgan fingerprint density at radius 1 is 1.00 bits per heavy atom. The van der Waals surface area contributed by atoms with Crippen LogP contribution in [0.5, 0.6) is 0 Å². The molecule has 0 saturated heterocycles. The van der Waals surface area contributed by atoms with E-state index < -0.39 is 11.1 Å². The lowest BCUT2D eigenvalue weighted by Crippen LogP contribution is -2.38. The molecule has 1 atom stereocenters. The fourth-order valence-electron chi connectivity index (χ4n) is 2.16. The fraction of sp³-hybridized carbons (Fsp3) is 0.0714. The van der Waals surface area contributed by atoms with E-state index >= 15 is 0 Å². The van der Waals surface area contributed by atoms with Gasteiger partial charge in [-0.15, -0.1) is 0 Å². The SMILES string of the molecule is O=C1N[C@H](c2ccc([N+](=O)[O-])cc2)Nc2ccccc21. The number of rotatable bonds is 2. The van der Waals surface area contributed by atoms with Crippen LogP contribution in [-0.4, -0.2) is 10.8 Å². The molecule has 1 heterocycles. The number of carbonyl (C=O) groups is 1. The van der Waals surface area contributed by atoms with Gasteiger partial charge in [0.25, 0.3) is 11.6 Å². The summed E-state index contributed by atoms with van der Waals surface area (Å²) in [6.45, 7) is 0. The molecule has 1 aliphatic heterocycles. The Morgan fingerprint density at radius 3 is 2.40 bits per heavy atom. The van der Waals surface area contributed by atoms with E-state index in [2.05, 4.69) is 10.6 Å². The Bertz CT molecular complexity index is 682. The van der Waals surface area contributed by atoms with Crippen molar-refractivity contribution in [3.05, 3.63) is 69.8 Å². The molecule has 0 aromatic heterocycles. The molecule has 0 bridgehead atoms. The van der Waals surface area contributed by atoms with Gasteiger partial charge < -0.3 is 10.6 Å². The summed E-state index contributed by atoms with van der Waals surface area (Å²) in [6.07, 6.45) is -0.391. The predicted molar refractivity (Wildman–Crippen MR) is 73.4 cm³/mol. The molecule has 20 heavy (non-hydrogen) atoms. The number of nitro benzene ring substituents is 1. The van der Waals surface area contributed by atoms with Crippen molar-refractivity contribution in [2.45, 2.75) is 6.17 Å². The summed E-state index contributed by atoms with van der Waals surface area (Å²) >= 11 is 0. The number of fused-ring (bicyclic) bond motifs is 1. The normalized spacial score (nSPS) is 16.8. The average Bonchev–Trinajstić information content (AvgIpc) is 2.47. The van der Waals surface area contributed by atoms with Gasteiger partial charge in [0.1, 0.15) is 6.17 Å². The topological polar surface area (TPSA) is 84.3 Å². The Hall–Kier alpha value is -2.89. The number of non-ortho nitro benzene ring substituents is 1. The lowest BCUT2D eigenvalue weighted by molar-refractivity contribution is -0.384. The van der Waals surface area contributed by atoms with E-state index in [-0.39, 0.29) is 11.6 Å². The van der Waals surface area contributed by atoms with Crippen molar-refractivity contribution >= 4 is 17.3 Å². The highest BCUT2D eigenvalue weighted by Crippen LogP contribution is 2.26. The van der Waals surface area contributed by atoms with Crippen molar-refractivity contribution in [1.29, 1.82) is 0 Å². The van der Waals surface area contributed by atoms with Crippen molar-refractivity contribution < 1.29 is 9.72 Å². The molecule has 2 N–H and O–H groups in total.